The maximum Gasteiger partial charge on any atom is 0.248 e. The van der Waals surface area contributed by atoms with Crippen LogP contribution in [0, 0.1) is 0 Å². The van der Waals surface area contributed by atoms with Crippen molar-refractivity contribution in [2.45, 2.75) is 32.0 Å². The lowest BCUT2D eigenvalue weighted by molar-refractivity contribution is -0.0571. The van der Waals surface area contributed by atoms with E-state index in [-0.39, 0.29) is 5.60 Å². The van der Waals surface area contributed by atoms with Crippen molar-refractivity contribution < 1.29 is 9.53 Å². The molecule has 3 N–H and O–H groups in total. The van der Waals surface area contributed by atoms with Crippen molar-refractivity contribution in [1.29, 1.82) is 0 Å². The van der Waals surface area contributed by atoms with Crippen LogP contribution >= 0.6 is 11.6 Å². The number of rotatable bonds is 4. The third-order valence-corrected chi connectivity index (χ3v) is 3.82. The fraction of sp³-hybridized carbons (Fsp3) is 0.500. The second-order valence-electron chi connectivity index (χ2n) is 5.19. The molecule has 1 aromatic carbocycles. The number of nitrogens with two attached hydrogens (primary N) is 1. The Bertz CT molecular complexity index is 471. The van der Waals surface area contributed by atoms with Crippen LogP contribution < -0.4 is 11.1 Å². The first-order valence-electron chi connectivity index (χ1n) is 6.43. The van der Waals surface area contributed by atoms with E-state index in [4.69, 9.17) is 22.1 Å². The normalized spacial score (nSPS) is 23.3. The molecule has 104 valence electrons. The van der Waals surface area contributed by atoms with Gasteiger partial charge in [0.05, 0.1) is 12.2 Å². The van der Waals surface area contributed by atoms with E-state index in [1.807, 2.05) is 0 Å². The molecule has 0 aliphatic carbocycles. The Morgan fingerprint density at radius 2 is 2.37 bits per heavy atom. The molecule has 0 saturated carbocycles. The molecule has 1 heterocycles. The fourth-order valence-corrected chi connectivity index (χ4v) is 2.46. The van der Waals surface area contributed by atoms with E-state index in [2.05, 4.69) is 12.2 Å². The van der Waals surface area contributed by atoms with Crippen molar-refractivity contribution in [1.82, 2.24) is 5.32 Å². The van der Waals surface area contributed by atoms with E-state index in [0.29, 0.717) is 17.2 Å². The van der Waals surface area contributed by atoms with Crippen LogP contribution in [0.25, 0.3) is 0 Å². The van der Waals surface area contributed by atoms with Crippen LogP contribution in [0.1, 0.15) is 35.7 Å². The second-order valence-corrected chi connectivity index (χ2v) is 5.60. The number of nitrogens with one attached hydrogen (secondary N) is 1. The summed E-state index contributed by atoms with van der Waals surface area (Å²) in [5.41, 5.74) is 6.35. The Labute approximate surface area is 118 Å². The number of hydrogen-bond donors (Lipinski definition) is 2. The second kappa shape index (κ2) is 5.90. The molecule has 1 aliphatic heterocycles. The number of carbonyl (C=O) groups is 1. The average molecular weight is 283 g/mol. The molecule has 0 radical (unpaired) electrons. The first-order chi connectivity index (χ1) is 9.00. The molecule has 19 heavy (non-hydrogen) atoms. The average Bonchev–Trinajstić information content (AvgIpc) is 2.38. The van der Waals surface area contributed by atoms with E-state index in [9.17, 15) is 4.79 Å². The zero-order chi connectivity index (χ0) is 13.9. The Balaban J connectivity index is 2.01. The summed E-state index contributed by atoms with van der Waals surface area (Å²) in [5, 5.41) is 3.85. The Morgan fingerprint density at radius 1 is 1.58 bits per heavy atom. The lowest BCUT2D eigenvalue weighted by atomic mass is 9.96. The molecule has 1 aromatic rings. The molecule has 5 heteroatoms. The van der Waals surface area contributed by atoms with E-state index < -0.39 is 5.91 Å². The van der Waals surface area contributed by atoms with Crippen LogP contribution in [0.4, 0.5) is 0 Å². The van der Waals surface area contributed by atoms with Crippen molar-refractivity contribution in [3.63, 3.8) is 0 Å². The van der Waals surface area contributed by atoms with E-state index in [1.54, 1.807) is 18.2 Å². The summed E-state index contributed by atoms with van der Waals surface area (Å²) >= 11 is 6.13. The molecule has 0 spiro atoms. The van der Waals surface area contributed by atoms with Gasteiger partial charge in [-0.3, -0.25) is 4.79 Å². The zero-order valence-electron chi connectivity index (χ0n) is 11.0. The van der Waals surface area contributed by atoms with E-state index in [0.717, 1.165) is 31.5 Å². The monoisotopic (exact) mass is 282 g/mol. The molecule has 1 saturated heterocycles. The summed E-state index contributed by atoms with van der Waals surface area (Å²) in [6, 6.07) is 5.06. The molecule has 1 amide bonds. The Morgan fingerprint density at radius 3 is 2.95 bits per heavy atom. The Kier molecular flexibility index (Phi) is 4.45. The number of ether oxygens (including phenoxy) is 1. The highest BCUT2D eigenvalue weighted by Crippen LogP contribution is 2.25. The third-order valence-electron chi connectivity index (χ3n) is 3.47. The first-order valence-corrected chi connectivity index (χ1v) is 6.81. The van der Waals surface area contributed by atoms with Gasteiger partial charge in [0.15, 0.2) is 0 Å². The van der Waals surface area contributed by atoms with E-state index in [1.165, 1.54) is 0 Å². The molecule has 0 aromatic heterocycles. The molecular weight excluding hydrogens is 264 g/mol. The van der Waals surface area contributed by atoms with Gasteiger partial charge in [-0.05, 0) is 44.0 Å². The van der Waals surface area contributed by atoms with Crippen LogP contribution in [-0.2, 0) is 11.3 Å². The highest BCUT2D eigenvalue weighted by molar-refractivity contribution is 6.31. The Hall–Kier alpha value is -1.10. The number of carbonyl (C=O) groups excluding carboxylic acids is 1. The van der Waals surface area contributed by atoms with Gasteiger partial charge < -0.3 is 15.8 Å². The number of piperidine rings is 1. The summed E-state index contributed by atoms with van der Waals surface area (Å²) in [4.78, 5) is 11.0. The zero-order valence-corrected chi connectivity index (χ0v) is 11.8. The lowest BCUT2D eigenvalue weighted by Gasteiger charge is -2.34. The number of halogens is 1. The number of hydrogen-bond acceptors (Lipinski definition) is 3. The molecule has 4 nitrogen and oxygen atoms in total. The topological polar surface area (TPSA) is 64.3 Å². The third kappa shape index (κ3) is 3.69. The predicted octanol–water partition coefficient (Wildman–Crippen LogP) is 2.10. The lowest BCUT2D eigenvalue weighted by Crippen LogP contribution is -2.45. The minimum atomic E-state index is -0.474. The summed E-state index contributed by atoms with van der Waals surface area (Å²) in [6.07, 6.45) is 2.15. The molecule has 1 fully saturated rings. The fourth-order valence-electron chi connectivity index (χ4n) is 2.22. The van der Waals surface area contributed by atoms with E-state index >= 15 is 0 Å². The maximum absolute atomic E-state index is 11.0. The number of amides is 1. The minimum absolute atomic E-state index is 0.149. The first kappa shape index (κ1) is 14.3. The van der Waals surface area contributed by atoms with Gasteiger partial charge in [-0.2, -0.15) is 0 Å². The van der Waals surface area contributed by atoms with Crippen molar-refractivity contribution in [2.75, 3.05) is 13.1 Å². The van der Waals surface area contributed by atoms with Gasteiger partial charge >= 0.3 is 0 Å². The van der Waals surface area contributed by atoms with Gasteiger partial charge in [0.2, 0.25) is 5.91 Å². The molecule has 0 bridgehead atoms. The highest BCUT2D eigenvalue weighted by Gasteiger charge is 2.27. The largest absolute Gasteiger partial charge is 0.369 e. The summed E-state index contributed by atoms with van der Waals surface area (Å²) in [7, 11) is 0. The number of primary amides is 1. The van der Waals surface area contributed by atoms with Crippen LogP contribution in [0.15, 0.2) is 18.2 Å². The molecule has 1 unspecified atom stereocenters. The van der Waals surface area contributed by atoms with Crippen molar-refractivity contribution in [2.24, 2.45) is 5.73 Å². The van der Waals surface area contributed by atoms with Gasteiger partial charge in [-0.1, -0.05) is 17.7 Å². The molecule has 1 aliphatic rings. The standard InChI is InChI=1S/C14H19ClN2O2/c1-14(5-2-6-17-9-14)19-8-11-4-3-10(13(16)18)7-12(11)15/h3-4,7,17H,2,5-6,8-9H2,1H3,(H2,16,18). The van der Waals surface area contributed by atoms with Crippen molar-refractivity contribution in [3.8, 4) is 0 Å². The highest BCUT2D eigenvalue weighted by atomic mass is 35.5. The van der Waals surface area contributed by atoms with Gasteiger partial charge in [-0.25, -0.2) is 0 Å². The van der Waals surface area contributed by atoms with Gasteiger partial charge in [-0.15, -0.1) is 0 Å². The van der Waals surface area contributed by atoms with Gasteiger partial charge in [0.25, 0.3) is 0 Å². The smallest absolute Gasteiger partial charge is 0.248 e. The van der Waals surface area contributed by atoms with Crippen LogP contribution in [0.2, 0.25) is 5.02 Å². The molecule has 1 atom stereocenters. The van der Waals surface area contributed by atoms with Crippen LogP contribution in [0.5, 0.6) is 0 Å². The summed E-state index contributed by atoms with van der Waals surface area (Å²) in [6.45, 7) is 4.44. The predicted molar refractivity (Wildman–Crippen MR) is 75.3 cm³/mol. The van der Waals surface area contributed by atoms with Crippen LogP contribution in [0.3, 0.4) is 0 Å². The quantitative estimate of drug-likeness (QED) is 0.889. The van der Waals surface area contributed by atoms with Crippen LogP contribution in [-0.4, -0.2) is 24.6 Å². The summed E-state index contributed by atoms with van der Waals surface area (Å²) in [5.74, 6) is -0.474. The summed E-state index contributed by atoms with van der Waals surface area (Å²) < 4.78 is 5.97. The maximum atomic E-state index is 11.0. The number of benzene rings is 1. The van der Waals surface area contributed by atoms with Gasteiger partial charge in [0, 0.05) is 17.1 Å². The van der Waals surface area contributed by atoms with Crippen molar-refractivity contribution in [3.05, 3.63) is 34.3 Å². The van der Waals surface area contributed by atoms with Crippen molar-refractivity contribution >= 4 is 17.5 Å². The molecule has 2 rings (SSSR count). The SMILES string of the molecule is CC1(OCc2ccc(C(N)=O)cc2Cl)CCCNC1. The molecular formula is C14H19ClN2O2. The minimum Gasteiger partial charge on any atom is -0.369 e. The van der Waals surface area contributed by atoms with Gasteiger partial charge in [0.1, 0.15) is 0 Å².